The Morgan fingerprint density at radius 1 is 1.00 bits per heavy atom. The average Bonchev–Trinajstić information content (AvgIpc) is 2.88. The second kappa shape index (κ2) is 5.97. The first-order valence-electron chi connectivity index (χ1n) is 8.52. The molecule has 0 aromatic carbocycles. The van der Waals surface area contributed by atoms with E-state index in [0.717, 1.165) is 41.4 Å². The van der Waals surface area contributed by atoms with Gasteiger partial charge in [0.25, 0.3) is 0 Å². The molecule has 0 aliphatic heterocycles. The molecular weight excluding hydrogens is 216 g/mol. The molecule has 18 heavy (non-hydrogen) atoms. The highest BCUT2D eigenvalue weighted by Gasteiger charge is 2.48. The quantitative estimate of drug-likeness (QED) is 0.561. The van der Waals surface area contributed by atoms with Gasteiger partial charge >= 0.3 is 0 Å². The van der Waals surface area contributed by atoms with E-state index in [1.807, 2.05) is 0 Å². The van der Waals surface area contributed by atoms with Crippen molar-refractivity contribution in [2.75, 3.05) is 0 Å². The summed E-state index contributed by atoms with van der Waals surface area (Å²) in [4.78, 5) is 0. The van der Waals surface area contributed by atoms with Crippen molar-refractivity contribution in [3.63, 3.8) is 0 Å². The SMILES string of the molecule is CCC(C)CC1C2CCC(C2)C1C(C)CC(C)C. The van der Waals surface area contributed by atoms with Crippen LogP contribution in [-0.2, 0) is 0 Å². The predicted molar refractivity (Wildman–Crippen MR) is 80.5 cm³/mol. The van der Waals surface area contributed by atoms with E-state index in [4.69, 9.17) is 0 Å². The second-order valence-corrected chi connectivity index (χ2v) is 7.93. The summed E-state index contributed by atoms with van der Waals surface area (Å²) in [6, 6.07) is 0. The fourth-order valence-electron chi connectivity index (χ4n) is 5.22. The zero-order valence-corrected chi connectivity index (χ0v) is 13.3. The Balaban J connectivity index is 2.01. The van der Waals surface area contributed by atoms with E-state index in [2.05, 4.69) is 34.6 Å². The molecule has 0 radical (unpaired) electrons. The molecular formula is C18H34. The first kappa shape index (κ1) is 14.4. The molecule has 2 rings (SSSR count). The smallest absolute Gasteiger partial charge is 0.0329 e. The van der Waals surface area contributed by atoms with Gasteiger partial charge in [0.2, 0.25) is 0 Å². The normalized spacial score (nSPS) is 38.3. The van der Waals surface area contributed by atoms with E-state index in [0.29, 0.717) is 0 Å². The topological polar surface area (TPSA) is 0 Å². The van der Waals surface area contributed by atoms with Gasteiger partial charge in [-0.05, 0) is 73.5 Å². The molecule has 2 saturated carbocycles. The summed E-state index contributed by atoms with van der Waals surface area (Å²) in [6.07, 6.45) is 9.02. The molecule has 0 aromatic heterocycles. The van der Waals surface area contributed by atoms with Gasteiger partial charge in [-0.1, -0.05) is 41.0 Å². The molecule has 0 aromatic rings. The molecule has 2 aliphatic rings. The van der Waals surface area contributed by atoms with Gasteiger partial charge in [0.1, 0.15) is 0 Å². The lowest BCUT2D eigenvalue weighted by Crippen LogP contribution is -2.30. The van der Waals surface area contributed by atoms with Crippen molar-refractivity contribution in [2.45, 2.75) is 73.1 Å². The summed E-state index contributed by atoms with van der Waals surface area (Å²) in [6.45, 7) is 12.2. The molecule has 6 unspecified atom stereocenters. The van der Waals surface area contributed by atoms with Crippen molar-refractivity contribution in [1.82, 2.24) is 0 Å². The largest absolute Gasteiger partial charge is 0.0651 e. The Hall–Kier alpha value is 0. The predicted octanol–water partition coefficient (Wildman–Crippen LogP) is 5.77. The van der Waals surface area contributed by atoms with Gasteiger partial charge in [0.05, 0.1) is 0 Å². The van der Waals surface area contributed by atoms with Gasteiger partial charge in [-0.25, -0.2) is 0 Å². The number of fused-ring (bicyclic) bond motifs is 2. The molecule has 2 bridgehead atoms. The molecule has 0 saturated heterocycles. The lowest BCUT2D eigenvalue weighted by Gasteiger charge is -2.37. The summed E-state index contributed by atoms with van der Waals surface area (Å²) in [7, 11) is 0. The van der Waals surface area contributed by atoms with Gasteiger partial charge in [-0.15, -0.1) is 0 Å². The van der Waals surface area contributed by atoms with E-state index >= 15 is 0 Å². The van der Waals surface area contributed by atoms with Crippen LogP contribution in [-0.4, -0.2) is 0 Å². The Labute approximate surface area is 115 Å². The number of rotatable bonds is 6. The molecule has 0 spiro atoms. The molecule has 106 valence electrons. The van der Waals surface area contributed by atoms with Crippen LogP contribution in [0.2, 0.25) is 0 Å². The highest BCUT2D eigenvalue weighted by atomic mass is 14.5. The van der Waals surface area contributed by atoms with Crippen LogP contribution in [0.4, 0.5) is 0 Å². The average molecular weight is 250 g/mol. The van der Waals surface area contributed by atoms with E-state index in [1.165, 1.54) is 19.3 Å². The van der Waals surface area contributed by atoms with Crippen molar-refractivity contribution in [3.05, 3.63) is 0 Å². The van der Waals surface area contributed by atoms with Gasteiger partial charge in [-0.3, -0.25) is 0 Å². The fourth-order valence-corrected chi connectivity index (χ4v) is 5.22. The van der Waals surface area contributed by atoms with E-state index in [-0.39, 0.29) is 0 Å². The molecule has 0 heterocycles. The standard InChI is InChI=1S/C18H34/c1-6-13(4)10-17-15-7-8-16(11-15)18(17)14(5)9-12(2)3/h12-18H,6-11H2,1-5H3. The van der Waals surface area contributed by atoms with Crippen molar-refractivity contribution >= 4 is 0 Å². The molecule has 0 N–H and O–H groups in total. The van der Waals surface area contributed by atoms with E-state index in [1.54, 1.807) is 19.3 Å². The van der Waals surface area contributed by atoms with Crippen LogP contribution < -0.4 is 0 Å². The second-order valence-electron chi connectivity index (χ2n) is 7.93. The van der Waals surface area contributed by atoms with Crippen molar-refractivity contribution < 1.29 is 0 Å². The lowest BCUT2D eigenvalue weighted by atomic mass is 9.68. The monoisotopic (exact) mass is 250 g/mol. The first-order valence-corrected chi connectivity index (χ1v) is 8.52. The summed E-state index contributed by atoms with van der Waals surface area (Å²) < 4.78 is 0. The fraction of sp³-hybridized carbons (Fsp3) is 1.00. The molecule has 2 fully saturated rings. The van der Waals surface area contributed by atoms with Crippen LogP contribution in [0.3, 0.4) is 0 Å². The molecule has 0 heteroatoms. The zero-order chi connectivity index (χ0) is 13.3. The Bertz CT molecular complexity index is 255. The maximum absolute atomic E-state index is 2.55. The Kier molecular flexibility index (Phi) is 4.78. The molecule has 0 nitrogen and oxygen atoms in total. The van der Waals surface area contributed by atoms with Crippen molar-refractivity contribution in [3.8, 4) is 0 Å². The minimum absolute atomic E-state index is 0.878. The summed E-state index contributed by atoms with van der Waals surface area (Å²) in [5.41, 5.74) is 0. The van der Waals surface area contributed by atoms with Crippen LogP contribution in [0, 0.1) is 41.4 Å². The van der Waals surface area contributed by atoms with Gasteiger partial charge in [0.15, 0.2) is 0 Å². The van der Waals surface area contributed by atoms with Gasteiger partial charge in [0, 0.05) is 0 Å². The highest BCUT2D eigenvalue weighted by Crippen LogP contribution is 2.57. The van der Waals surface area contributed by atoms with E-state index in [9.17, 15) is 0 Å². The lowest BCUT2D eigenvalue weighted by molar-refractivity contribution is 0.120. The van der Waals surface area contributed by atoms with Crippen LogP contribution >= 0.6 is 0 Å². The van der Waals surface area contributed by atoms with Crippen LogP contribution in [0.25, 0.3) is 0 Å². The van der Waals surface area contributed by atoms with E-state index < -0.39 is 0 Å². The first-order chi connectivity index (χ1) is 8.52. The van der Waals surface area contributed by atoms with Crippen LogP contribution in [0.5, 0.6) is 0 Å². The molecule has 6 atom stereocenters. The Morgan fingerprint density at radius 2 is 1.67 bits per heavy atom. The van der Waals surface area contributed by atoms with Crippen LogP contribution in [0.15, 0.2) is 0 Å². The summed E-state index contributed by atoms with van der Waals surface area (Å²) in [5, 5.41) is 0. The molecule has 0 amide bonds. The zero-order valence-electron chi connectivity index (χ0n) is 13.3. The molecule has 2 aliphatic carbocycles. The third-order valence-electron chi connectivity index (χ3n) is 6.03. The Morgan fingerprint density at radius 3 is 2.28 bits per heavy atom. The third kappa shape index (κ3) is 2.94. The number of hydrogen-bond donors (Lipinski definition) is 0. The summed E-state index contributed by atoms with van der Waals surface area (Å²) >= 11 is 0. The van der Waals surface area contributed by atoms with Crippen LogP contribution in [0.1, 0.15) is 73.1 Å². The van der Waals surface area contributed by atoms with Gasteiger partial charge < -0.3 is 0 Å². The van der Waals surface area contributed by atoms with Crippen molar-refractivity contribution in [1.29, 1.82) is 0 Å². The van der Waals surface area contributed by atoms with Gasteiger partial charge in [-0.2, -0.15) is 0 Å². The summed E-state index contributed by atoms with van der Waals surface area (Å²) in [5.74, 6) is 7.13. The minimum atomic E-state index is 0.878. The highest BCUT2D eigenvalue weighted by molar-refractivity contribution is 4.98. The number of hydrogen-bond acceptors (Lipinski definition) is 0. The third-order valence-corrected chi connectivity index (χ3v) is 6.03. The maximum Gasteiger partial charge on any atom is -0.0329 e. The maximum atomic E-state index is 2.55. The minimum Gasteiger partial charge on any atom is -0.0651 e. The van der Waals surface area contributed by atoms with Crippen molar-refractivity contribution in [2.24, 2.45) is 41.4 Å².